The van der Waals surface area contributed by atoms with Gasteiger partial charge in [-0.1, -0.05) is 18.2 Å². The molecule has 2 aromatic rings. The van der Waals surface area contributed by atoms with E-state index in [0.717, 1.165) is 0 Å². The van der Waals surface area contributed by atoms with Gasteiger partial charge in [0.15, 0.2) is 0 Å². The van der Waals surface area contributed by atoms with Crippen LogP contribution in [-0.2, 0) is 11.3 Å². The fourth-order valence-electron chi connectivity index (χ4n) is 1.90. The number of carbonyl (C=O) groups is 2. The molecule has 6 heteroatoms. The minimum atomic E-state index is -0.393. The fraction of sp³-hybridized carbons (Fsp3) is 0.176. The van der Waals surface area contributed by atoms with Crippen LogP contribution in [0.1, 0.15) is 15.9 Å². The molecule has 0 fully saturated rings. The first-order valence-corrected chi connectivity index (χ1v) is 7.02. The smallest absolute Gasteiger partial charge is 0.251 e. The van der Waals surface area contributed by atoms with E-state index < -0.39 is 5.91 Å². The molecule has 2 rings (SSSR count). The Morgan fingerprint density at radius 2 is 1.74 bits per heavy atom. The Labute approximate surface area is 133 Å². The lowest BCUT2D eigenvalue weighted by Crippen LogP contribution is -2.36. The molecule has 2 aromatic carbocycles. The Kier molecular flexibility index (Phi) is 5.68. The number of hydrogen-bond acceptors (Lipinski definition) is 3. The monoisotopic (exact) mass is 316 g/mol. The van der Waals surface area contributed by atoms with Crippen LogP contribution in [0.4, 0.5) is 4.39 Å². The summed E-state index contributed by atoms with van der Waals surface area (Å²) in [5, 5.41) is 5.05. The summed E-state index contributed by atoms with van der Waals surface area (Å²) in [5.41, 5.74) is 0.815. The maximum atomic E-state index is 13.4. The molecule has 0 spiro atoms. The van der Waals surface area contributed by atoms with Gasteiger partial charge in [0.2, 0.25) is 5.91 Å². The SMILES string of the molecule is COc1ccc(C(=O)NCC(=O)NCc2ccccc2F)cc1. The lowest BCUT2D eigenvalue weighted by molar-refractivity contribution is -0.120. The molecule has 0 aliphatic carbocycles. The van der Waals surface area contributed by atoms with Gasteiger partial charge in [0.05, 0.1) is 13.7 Å². The maximum absolute atomic E-state index is 13.4. The molecule has 0 aliphatic rings. The predicted octanol–water partition coefficient (Wildman–Crippen LogP) is 1.88. The van der Waals surface area contributed by atoms with Gasteiger partial charge in [-0.15, -0.1) is 0 Å². The van der Waals surface area contributed by atoms with Crippen molar-refractivity contribution < 1.29 is 18.7 Å². The predicted molar refractivity (Wildman–Crippen MR) is 83.6 cm³/mol. The van der Waals surface area contributed by atoms with E-state index >= 15 is 0 Å². The van der Waals surface area contributed by atoms with E-state index in [9.17, 15) is 14.0 Å². The zero-order valence-corrected chi connectivity index (χ0v) is 12.6. The number of nitrogens with one attached hydrogen (secondary N) is 2. The van der Waals surface area contributed by atoms with Gasteiger partial charge in [-0.3, -0.25) is 9.59 Å². The summed E-state index contributed by atoms with van der Waals surface area (Å²) in [4.78, 5) is 23.6. The molecule has 0 aliphatic heterocycles. The van der Waals surface area contributed by atoms with Crippen molar-refractivity contribution in [3.05, 3.63) is 65.5 Å². The second-order valence-electron chi connectivity index (χ2n) is 4.78. The minimum Gasteiger partial charge on any atom is -0.497 e. The van der Waals surface area contributed by atoms with Crippen LogP contribution in [0.2, 0.25) is 0 Å². The lowest BCUT2D eigenvalue weighted by Gasteiger charge is -2.08. The molecule has 5 nitrogen and oxygen atoms in total. The molecule has 2 amide bonds. The maximum Gasteiger partial charge on any atom is 0.251 e. The summed E-state index contributed by atoms with van der Waals surface area (Å²) in [6, 6.07) is 12.7. The number of benzene rings is 2. The summed E-state index contributed by atoms with van der Waals surface area (Å²) in [6.45, 7) is -0.108. The van der Waals surface area contributed by atoms with E-state index in [4.69, 9.17) is 4.74 Å². The molecule has 0 saturated carbocycles. The summed E-state index contributed by atoms with van der Waals surface area (Å²) >= 11 is 0. The third kappa shape index (κ3) is 4.81. The number of rotatable bonds is 6. The number of carbonyl (C=O) groups excluding carboxylic acids is 2. The van der Waals surface area contributed by atoms with Crippen LogP contribution in [0.3, 0.4) is 0 Å². The number of hydrogen-bond donors (Lipinski definition) is 2. The molecule has 0 aromatic heterocycles. The average molecular weight is 316 g/mol. The third-order valence-corrected chi connectivity index (χ3v) is 3.20. The standard InChI is InChI=1S/C17H17FN2O3/c1-23-14-8-6-12(7-9-14)17(22)20-11-16(21)19-10-13-4-2-3-5-15(13)18/h2-9H,10-11H2,1H3,(H,19,21)(H,20,22). The number of halogens is 1. The molecular formula is C17H17FN2O3. The molecule has 0 radical (unpaired) electrons. The van der Waals surface area contributed by atoms with E-state index in [2.05, 4.69) is 10.6 Å². The van der Waals surface area contributed by atoms with E-state index in [1.165, 1.54) is 13.2 Å². The second kappa shape index (κ2) is 7.93. The molecule has 0 bridgehead atoms. The lowest BCUT2D eigenvalue weighted by atomic mass is 10.2. The fourth-order valence-corrected chi connectivity index (χ4v) is 1.90. The van der Waals surface area contributed by atoms with Crippen LogP contribution in [-0.4, -0.2) is 25.5 Å². The average Bonchev–Trinajstić information content (AvgIpc) is 2.59. The van der Waals surface area contributed by atoms with Crippen LogP contribution >= 0.6 is 0 Å². The van der Waals surface area contributed by atoms with Crippen LogP contribution in [0.5, 0.6) is 5.75 Å². The quantitative estimate of drug-likeness (QED) is 0.855. The Morgan fingerprint density at radius 3 is 2.39 bits per heavy atom. The summed E-state index contributed by atoms with van der Waals surface area (Å²) in [7, 11) is 1.54. The highest BCUT2D eigenvalue weighted by Gasteiger charge is 2.09. The van der Waals surface area contributed by atoms with Crippen molar-refractivity contribution in [2.75, 3.05) is 13.7 Å². The van der Waals surface area contributed by atoms with Crippen molar-refractivity contribution in [3.8, 4) is 5.75 Å². The minimum absolute atomic E-state index is 0.0733. The first-order chi connectivity index (χ1) is 11.1. The van der Waals surface area contributed by atoms with E-state index in [0.29, 0.717) is 16.9 Å². The van der Waals surface area contributed by atoms with Crippen LogP contribution < -0.4 is 15.4 Å². The summed E-state index contributed by atoms with van der Waals surface area (Å²) in [6.07, 6.45) is 0. The third-order valence-electron chi connectivity index (χ3n) is 3.20. The highest BCUT2D eigenvalue weighted by Crippen LogP contribution is 2.11. The Morgan fingerprint density at radius 1 is 1.04 bits per heavy atom. The number of ether oxygens (including phenoxy) is 1. The molecule has 2 N–H and O–H groups in total. The molecule has 0 heterocycles. The van der Waals surface area contributed by atoms with Crippen molar-refractivity contribution in [3.63, 3.8) is 0 Å². The Balaban J connectivity index is 1.79. The van der Waals surface area contributed by atoms with E-state index in [-0.39, 0.29) is 24.8 Å². The van der Waals surface area contributed by atoms with Gasteiger partial charge in [-0.2, -0.15) is 0 Å². The number of amides is 2. The molecule has 0 unspecified atom stereocenters. The van der Waals surface area contributed by atoms with Crippen LogP contribution in [0, 0.1) is 5.82 Å². The number of methoxy groups -OCH3 is 1. The van der Waals surface area contributed by atoms with Gasteiger partial charge in [-0.25, -0.2) is 4.39 Å². The zero-order valence-electron chi connectivity index (χ0n) is 12.6. The summed E-state index contributed by atoms with van der Waals surface area (Å²) < 4.78 is 18.4. The molecule has 0 atom stereocenters. The Bertz CT molecular complexity index is 686. The van der Waals surface area contributed by atoms with E-state index in [1.54, 1.807) is 42.5 Å². The normalized spacial score (nSPS) is 10.0. The van der Waals surface area contributed by atoms with Crippen molar-refractivity contribution in [2.45, 2.75) is 6.54 Å². The van der Waals surface area contributed by atoms with E-state index in [1.807, 2.05) is 0 Å². The van der Waals surface area contributed by atoms with Crippen molar-refractivity contribution in [2.24, 2.45) is 0 Å². The second-order valence-corrected chi connectivity index (χ2v) is 4.78. The van der Waals surface area contributed by atoms with Gasteiger partial charge < -0.3 is 15.4 Å². The topological polar surface area (TPSA) is 67.4 Å². The zero-order chi connectivity index (χ0) is 16.7. The first kappa shape index (κ1) is 16.5. The van der Waals surface area contributed by atoms with Gasteiger partial charge in [0, 0.05) is 17.7 Å². The van der Waals surface area contributed by atoms with Gasteiger partial charge >= 0.3 is 0 Å². The summed E-state index contributed by atoms with van der Waals surface area (Å²) in [5.74, 6) is -0.497. The molecular weight excluding hydrogens is 299 g/mol. The Hall–Kier alpha value is -2.89. The molecule has 23 heavy (non-hydrogen) atoms. The molecule has 0 saturated heterocycles. The van der Waals surface area contributed by atoms with Gasteiger partial charge in [0.1, 0.15) is 11.6 Å². The van der Waals surface area contributed by atoms with Crippen LogP contribution in [0.15, 0.2) is 48.5 Å². The van der Waals surface area contributed by atoms with Gasteiger partial charge in [0.25, 0.3) is 5.91 Å². The first-order valence-electron chi connectivity index (χ1n) is 7.02. The van der Waals surface area contributed by atoms with Crippen molar-refractivity contribution in [1.82, 2.24) is 10.6 Å². The van der Waals surface area contributed by atoms with Crippen molar-refractivity contribution >= 4 is 11.8 Å². The highest BCUT2D eigenvalue weighted by molar-refractivity contribution is 5.96. The largest absolute Gasteiger partial charge is 0.497 e. The van der Waals surface area contributed by atoms with Crippen molar-refractivity contribution in [1.29, 1.82) is 0 Å². The van der Waals surface area contributed by atoms with Gasteiger partial charge in [-0.05, 0) is 30.3 Å². The highest BCUT2D eigenvalue weighted by atomic mass is 19.1. The van der Waals surface area contributed by atoms with Crippen LogP contribution in [0.25, 0.3) is 0 Å². The molecule has 120 valence electrons.